The predicted octanol–water partition coefficient (Wildman–Crippen LogP) is 4.36. The minimum atomic E-state index is -0.414. The third-order valence-corrected chi connectivity index (χ3v) is 4.47. The Bertz CT molecular complexity index is 810. The average Bonchev–Trinajstić information content (AvgIpc) is 3.08. The molecule has 0 radical (unpaired) electrons. The van der Waals surface area contributed by atoms with Gasteiger partial charge < -0.3 is 5.32 Å². The van der Waals surface area contributed by atoms with Crippen LogP contribution < -0.4 is 5.32 Å². The summed E-state index contributed by atoms with van der Waals surface area (Å²) in [5, 5.41) is 16.6. The van der Waals surface area contributed by atoms with E-state index in [4.69, 9.17) is 11.6 Å². The Morgan fingerprint density at radius 2 is 1.75 bits per heavy atom. The van der Waals surface area contributed by atoms with Crippen LogP contribution in [0.1, 0.15) is 31.7 Å². The summed E-state index contributed by atoms with van der Waals surface area (Å²) in [6.07, 6.45) is 0.821. The second kappa shape index (κ2) is 6.61. The van der Waals surface area contributed by atoms with Crippen molar-refractivity contribution in [3.05, 3.63) is 64.9 Å². The normalized spacial score (nSPS) is 13.5. The zero-order chi connectivity index (χ0) is 17.2. The van der Waals surface area contributed by atoms with Gasteiger partial charge in [0.2, 0.25) is 0 Å². The summed E-state index contributed by atoms with van der Waals surface area (Å²) in [5.41, 5.74) is 2.70. The number of halogens is 1. The van der Waals surface area contributed by atoms with E-state index >= 15 is 0 Å². The van der Waals surface area contributed by atoms with Crippen molar-refractivity contribution >= 4 is 17.3 Å². The molecule has 6 heteroatoms. The van der Waals surface area contributed by atoms with Crippen molar-refractivity contribution < 1.29 is 0 Å². The van der Waals surface area contributed by atoms with Crippen LogP contribution in [0.25, 0.3) is 5.69 Å². The van der Waals surface area contributed by atoms with Crippen molar-refractivity contribution in [3.8, 4) is 5.69 Å². The van der Waals surface area contributed by atoms with Gasteiger partial charge in [-0.25, -0.2) is 0 Å². The Morgan fingerprint density at radius 3 is 2.38 bits per heavy atom. The lowest BCUT2D eigenvalue weighted by Gasteiger charge is -2.29. The van der Waals surface area contributed by atoms with Gasteiger partial charge in [0.05, 0.1) is 11.2 Å². The fourth-order valence-corrected chi connectivity index (χ4v) is 2.67. The summed E-state index contributed by atoms with van der Waals surface area (Å²) in [4.78, 5) is 0. The van der Waals surface area contributed by atoms with Gasteiger partial charge in [-0.15, -0.1) is 5.10 Å². The third kappa shape index (κ3) is 3.26. The highest BCUT2D eigenvalue weighted by Gasteiger charge is 2.31. The van der Waals surface area contributed by atoms with E-state index in [1.54, 1.807) is 4.68 Å². The van der Waals surface area contributed by atoms with Crippen LogP contribution in [-0.2, 0) is 5.54 Å². The molecular formula is C18H20ClN5. The first kappa shape index (κ1) is 16.5. The molecule has 0 spiro atoms. The summed E-state index contributed by atoms with van der Waals surface area (Å²) in [5.74, 6) is 0.767. The van der Waals surface area contributed by atoms with E-state index in [9.17, 15) is 0 Å². The third-order valence-electron chi connectivity index (χ3n) is 4.21. The van der Waals surface area contributed by atoms with Gasteiger partial charge in [-0.3, -0.25) is 0 Å². The van der Waals surface area contributed by atoms with Gasteiger partial charge in [0.25, 0.3) is 0 Å². The van der Waals surface area contributed by atoms with Crippen molar-refractivity contribution in [2.24, 2.45) is 0 Å². The highest BCUT2D eigenvalue weighted by molar-refractivity contribution is 6.30. The number of aryl methyl sites for hydroxylation is 1. The van der Waals surface area contributed by atoms with Crippen molar-refractivity contribution in [1.82, 2.24) is 20.2 Å². The highest BCUT2D eigenvalue weighted by atomic mass is 35.5. The summed E-state index contributed by atoms with van der Waals surface area (Å²) in [7, 11) is 0. The molecule has 0 aliphatic carbocycles. The maximum atomic E-state index is 5.97. The van der Waals surface area contributed by atoms with Crippen LogP contribution in [0.3, 0.4) is 0 Å². The highest BCUT2D eigenvalue weighted by Crippen LogP contribution is 2.29. The summed E-state index contributed by atoms with van der Waals surface area (Å²) in [6, 6.07) is 15.8. The van der Waals surface area contributed by atoms with Crippen LogP contribution in [0, 0.1) is 6.92 Å². The van der Waals surface area contributed by atoms with E-state index in [0.29, 0.717) is 5.02 Å². The van der Waals surface area contributed by atoms with Crippen LogP contribution in [0.5, 0.6) is 0 Å². The van der Waals surface area contributed by atoms with E-state index in [-0.39, 0.29) is 0 Å². The predicted molar refractivity (Wildman–Crippen MR) is 96.6 cm³/mol. The molecule has 124 valence electrons. The van der Waals surface area contributed by atoms with Gasteiger partial charge in [-0.05, 0) is 67.1 Å². The molecule has 1 heterocycles. The Morgan fingerprint density at radius 1 is 1.08 bits per heavy atom. The molecule has 0 saturated carbocycles. The van der Waals surface area contributed by atoms with E-state index in [2.05, 4.69) is 53.7 Å². The van der Waals surface area contributed by atoms with Crippen LogP contribution >= 0.6 is 11.6 Å². The number of benzene rings is 2. The number of rotatable bonds is 5. The summed E-state index contributed by atoms with van der Waals surface area (Å²) >= 11 is 5.97. The quantitative estimate of drug-likeness (QED) is 0.749. The SMILES string of the molecule is CC[C@](C)(Nc1ccc(Cl)cc1)c1nnnn1-c1ccc(C)cc1. The number of anilines is 1. The molecule has 0 aliphatic rings. The van der Waals surface area contributed by atoms with Crippen molar-refractivity contribution in [3.63, 3.8) is 0 Å². The molecule has 0 aliphatic heterocycles. The number of nitrogens with zero attached hydrogens (tertiary/aromatic N) is 4. The molecule has 5 nitrogen and oxygen atoms in total. The van der Waals surface area contributed by atoms with Crippen molar-refractivity contribution in [1.29, 1.82) is 0 Å². The molecular weight excluding hydrogens is 322 g/mol. The van der Waals surface area contributed by atoms with Crippen molar-refractivity contribution in [2.45, 2.75) is 32.7 Å². The zero-order valence-electron chi connectivity index (χ0n) is 14.0. The van der Waals surface area contributed by atoms with Crippen LogP contribution in [0.15, 0.2) is 48.5 Å². The van der Waals surface area contributed by atoms with Crippen molar-refractivity contribution in [2.75, 3.05) is 5.32 Å². The lowest BCUT2D eigenvalue weighted by molar-refractivity contribution is 0.474. The van der Waals surface area contributed by atoms with Gasteiger partial charge in [0.15, 0.2) is 5.82 Å². The first-order chi connectivity index (χ1) is 11.5. The van der Waals surface area contributed by atoms with Gasteiger partial charge in [-0.1, -0.05) is 36.2 Å². The smallest absolute Gasteiger partial charge is 0.181 e. The number of hydrogen-bond acceptors (Lipinski definition) is 4. The summed E-state index contributed by atoms with van der Waals surface area (Å²) in [6.45, 7) is 6.26. The molecule has 3 aromatic rings. The van der Waals surface area contributed by atoms with Gasteiger partial charge in [0.1, 0.15) is 0 Å². The van der Waals surface area contributed by atoms with E-state index < -0.39 is 5.54 Å². The van der Waals surface area contributed by atoms with Gasteiger partial charge in [0, 0.05) is 10.7 Å². The van der Waals surface area contributed by atoms with E-state index in [1.165, 1.54) is 5.56 Å². The largest absolute Gasteiger partial charge is 0.373 e. The monoisotopic (exact) mass is 341 g/mol. The molecule has 0 saturated heterocycles. The van der Waals surface area contributed by atoms with Crippen LogP contribution in [-0.4, -0.2) is 20.2 Å². The standard InChI is InChI=1S/C18H20ClN5/c1-4-18(3,20-15-9-7-14(19)8-10-15)17-21-22-23-24(17)16-11-5-13(2)6-12-16/h5-12,20H,4H2,1-3H3/t18-/m0/s1. The maximum Gasteiger partial charge on any atom is 0.181 e. The Labute approximate surface area is 146 Å². The Kier molecular flexibility index (Phi) is 4.53. The summed E-state index contributed by atoms with van der Waals surface area (Å²) < 4.78 is 1.78. The number of tetrazole rings is 1. The van der Waals surface area contributed by atoms with E-state index in [1.807, 2.05) is 36.4 Å². The van der Waals surface area contributed by atoms with E-state index in [0.717, 1.165) is 23.6 Å². The fourth-order valence-electron chi connectivity index (χ4n) is 2.55. The molecule has 1 atom stereocenters. The number of aromatic nitrogens is 4. The van der Waals surface area contributed by atoms with Crippen LogP contribution in [0.4, 0.5) is 5.69 Å². The second-order valence-electron chi connectivity index (χ2n) is 6.07. The molecule has 0 bridgehead atoms. The zero-order valence-corrected chi connectivity index (χ0v) is 14.7. The maximum absolute atomic E-state index is 5.97. The molecule has 0 unspecified atom stereocenters. The molecule has 1 N–H and O–H groups in total. The first-order valence-electron chi connectivity index (χ1n) is 7.91. The van der Waals surface area contributed by atoms with Gasteiger partial charge in [-0.2, -0.15) is 4.68 Å². The van der Waals surface area contributed by atoms with Gasteiger partial charge >= 0.3 is 0 Å². The molecule has 1 aromatic heterocycles. The molecule has 3 rings (SSSR count). The Balaban J connectivity index is 1.97. The molecule has 24 heavy (non-hydrogen) atoms. The topological polar surface area (TPSA) is 55.6 Å². The minimum absolute atomic E-state index is 0.414. The first-order valence-corrected chi connectivity index (χ1v) is 8.29. The second-order valence-corrected chi connectivity index (χ2v) is 6.50. The lowest BCUT2D eigenvalue weighted by atomic mass is 9.97. The molecule has 0 amide bonds. The fraction of sp³-hybridized carbons (Fsp3) is 0.278. The number of nitrogens with one attached hydrogen (secondary N) is 1. The molecule has 2 aromatic carbocycles. The molecule has 0 fully saturated rings. The minimum Gasteiger partial charge on any atom is -0.373 e. The lowest BCUT2D eigenvalue weighted by Crippen LogP contribution is -2.34. The van der Waals surface area contributed by atoms with Crippen LogP contribution in [0.2, 0.25) is 5.02 Å². The average molecular weight is 342 g/mol. The number of hydrogen-bond donors (Lipinski definition) is 1. The Hall–Kier alpha value is -2.40.